The molecule has 0 aromatic heterocycles. The summed E-state index contributed by atoms with van der Waals surface area (Å²) in [5, 5.41) is 0. The molecule has 1 heteroatoms. The molecule has 1 aliphatic heterocycles. The van der Waals surface area contributed by atoms with Crippen molar-refractivity contribution < 1.29 is 0 Å². The van der Waals surface area contributed by atoms with Gasteiger partial charge in [-0.05, 0) is 36.1 Å². The Bertz CT molecular complexity index is 361. The molecule has 0 fully saturated rings. The first-order chi connectivity index (χ1) is 6.38. The van der Waals surface area contributed by atoms with Crippen LogP contribution in [0.3, 0.4) is 0 Å². The van der Waals surface area contributed by atoms with Crippen molar-refractivity contribution in [3.05, 3.63) is 41.5 Å². The van der Waals surface area contributed by atoms with Crippen LogP contribution in [0.25, 0.3) is 5.57 Å². The van der Waals surface area contributed by atoms with Crippen molar-refractivity contribution in [3.63, 3.8) is 0 Å². The number of benzene rings is 1. The molecular weight excluding hydrogens is 158 g/mol. The van der Waals surface area contributed by atoms with Gasteiger partial charge in [0.1, 0.15) is 0 Å². The molecule has 0 saturated heterocycles. The van der Waals surface area contributed by atoms with Gasteiger partial charge in [0.05, 0.1) is 0 Å². The van der Waals surface area contributed by atoms with E-state index in [4.69, 9.17) is 0 Å². The molecule has 0 amide bonds. The molecule has 0 aliphatic carbocycles. The predicted molar refractivity (Wildman–Crippen MR) is 57.1 cm³/mol. The Morgan fingerprint density at radius 1 is 1.23 bits per heavy atom. The number of hydrogen-bond donors (Lipinski definition) is 0. The number of aryl methyl sites for hydroxylation is 1. The minimum absolute atomic E-state index is 0.931. The molecule has 2 rings (SSSR count). The Morgan fingerprint density at radius 3 is 2.77 bits per heavy atom. The first-order valence-electron chi connectivity index (χ1n) is 4.63. The quantitative estimate of drug-likeness (QED) is 0.616. The van der Waals surface area contributed by atoms with Crippen LogP contribution in [0, 0.1) is 6.92 Å². The van der Waals surface area contributed by atoms with Crippen molar-refractivity contribution in [2.75, 3.05) is 6.54 Å². The Morgan fingerprint density at radius 2 is 2.08 bits per heavy atom. The van der Waals surface area contributed by atoms with Crippen LogP contribution in [0.5, 0.6) is 0 Å². The standard InChI is InChI=1S/C12H13N/c1-10-4-2-3-5-12(10)11-6-8-13-9-7-11/h2-6,8H,7,9H2,1H3. The lowest BCUT2D eigenvalue weighted by atomic mass is 9.97. The lowest BCUT2D eigenvalue weighted by Gasteiger charge is -2.11. The van der Waals surface area contributed by atoms with Gasteiger partial charge in [-0.2, -0.15) is 0 Å². The maximum atomic E-state index is 4.18. The summed E-state index contributed by atoms with van der Waals surface area (Å²) in [4.78, 5) is 4.18. The lowest BCUT2D eigenvalue weighted by Crippen LogP contribution is -1.96. The van der Waals surface area contributed by atoms with Crippen molar-refractivity contribution in [2.45, 2.75) is 13.3 Å². The number of nitrogens with zero attached hydrogens (tertiary/aromatic N) is 1. The fourth-order valence-corrected chi connectivity index (χ4v) is 1.64. The summed E-state index contributed by atoms with van der Waals surface area (Å²) in [6, 6.07) is 8.51. The van der Waals surface area contributed by atoms with Gasteiger partial charge >= 0.3 is 0 Å². The third-order valence-corrected chi connectivity index (χ3v) is 2.38. The predicted octanol–water partition coefficient (Wildman–Crippen LogP) is 2.85. The average molecular weight is 171 g/mol. The number of aliphatic imine (C=N–C) groups is 1. The highest BCUT2D eigenvalue weighted by molar-refractivity contribution is 5.86. The van der Waals surface area contributed by atoms with Crippen LogP contribution < -0.4 is 0 Å². The molecule has 0 N–H and O–H groups in total. The maximum Gasteiger partial charge on any atom is 0.0429 e. The van der Waals surface area contributed by atoms with Gasteiger partial charge in [-0.3, -0.25) is 4.99 Å². The first kappa shape index (κ1) is 8.24. The van der Waals surface area contributed by atoms with Crippen LogP contribution in [0.4, 0.5) is 0 Å². The van der Waals surface area contributed by atoms with Gasteiger partial charge < -0.3 is 0 Å². The third kappa shape index (κ3) is 1.69. The van der Waals surface area contributed by atoms with E-state index in [0.29, 0.717) is 0 Å². The summed E-state index contributed by atoms with van der Waals surface area (Å²) in [5.41, 5.74) is 4.13. The lowest BCUT2D eigenvalue weighted by molar-refractivity contribution is 1.01. The Balaban J connectivity index is 2.40. The van der Waals surface area contributed by atoms with Crippen LogP contribution in [-0.2, 0) is 0 Å². The largest absolute Gasteiger partial charge is 0.293 e. The zero-order valence-electron chi connectivity index (χ0n) is 7.83. The van der Waals surface area contributed by atoms with Gasteiger partial charge in [-0.25, -0.2) is 0 Å². The van der Waals surface area contributed by atoms with Gasteiger partial charge in [0.25, 0.3) is 0 Å². The minimum Gasteiger partial charge on any atom is -0.293 e. The summed E-state index contributed by atoms with van der Waals surface area (Å²) < 4.78 is 0. The smallest absolute Gasteiger partial charge is 0.0429 e. The highest BCUT2D eigenvalue weighted by Crippen LogP contribution is 2.22. The molecule has 0 saturated carbocycles. The minimum atomic E-state index is 0.931. The van der Waals surface area contributed by atoms with Crippen molar-refractivity contribution in [3.8, 4) is 0 Å². The first-order valence-corrected chi connectivity index (χ1v) is 4.63. The molecule has 0 bridgehead atoms. The molecule has 66 valence electrons. The molecule has 13 heavy (non-hydrogen) atoms. The fraction of sp³-hybridized carbons (Fsp3) is 0.250. The second-order valence-electron chi connectivity index (χ2n) is 3.31. The van der Waals surface area contributed by atoms with E-state index in [0.717, 1.165) is 13.0 Å². The zero-order chi connectivity index (χ0) is 9.10. The highest BCUT2D eigenvalue weighted by Gasteiger charge is 2.04. The van der Waals surface area contributed by atoms with Crippen LogP contribution in [0.1, 0.15) is 17.5 Å². The Hall–Kier alpha value is -1.37. The van der Waals surface area contributed by atoms with E-state index in [1.54, 1.807) is 0 Å². The van der Waals surface area contributed by atoms with E-state index >= 15 is 0 Å². The molecule has 0 radical (unpaired) electrons. The molecular formula is C12H13N. The number of allylic oxidation sites excluding steroid dienone is 1. The van der Waals surface area contributed by atoms with E-state index in [-0.39, 0.29) is 0 Å². The van der Waals surface area contributed by atoms with Crippen LogP contribution >= 0.6 is 0 Å². The van der Waals surface area contributed by atoms with E-state index < -0.39 is 0 Å². The van der Waals surface area contributed by atoms with E-state index in [9.17, 15) is 0 Å². The van der Waals surface area contributed by atoms with Gasteiger partial charge in [-0.15, -0.1) is 0 Å². The maximum absolute atomic E-state index is 4.18. The SMILES string of the molecule is Cc1ccccc1C1=CC=NCC1. The Kier molecular flexibility index (Phi) is 2.26. The van der Waals surface area contributed by atoms with Crippen LogP contribution in [-0.4, -0.2) is 12.8 Å². The van der Waals surface area contributed by atoms with E-state index in [1.807, 2.05) is 6.21 Å². The van der Waals surface area contributed by atoms with Crippen molar-refractivity contribution in [1.29, 1.82) is 0 Å². The summed E-state index contributed by atoms with van der Waals surface area (Å²) in [5.74, 6) is 0. The monoisotopic (exact) mass is 171 g/mol. The Labute approximate surface area is 78.8 Å². The second-order valence-corrected chi connectivity index (χ2v) is 3.31. The van der Waals surface area contributed by atoms with Gasteiger partial charge in [-0.1, -0.05) is 24.3 Å². The molecule has 1 aromatic rings. The normalized spacial score (nSPS) is 15.6. The van der Waals surface area contributed by atoms with E-state index in [1.165, 1.54) is 16.7 Å². The summed E-state index contributed by atoms with van der Waals surface area (Å²) in [7, 11) is 0. The summed E-state index contributed by atoms with van der Waals surface area (Å²) in [6.07, 6.45) is 5.10. The molecule has 1 aromatic carbocycles. The second kappa shape index (κ2) is 3.56. The zero-order valence-corrected chi connectivity index (χ0v) is 7.83. The number of dihydropyridines is 1. The fourth-order valence-electron chi connectivity index (χ4n) is 1.64. The summed E-state index contributed by atoms with van der Waals surface area (Å²) in [6.45, 7) is 3.09. The van der Waals surface area contributed by atoms with Crippen molar-refractivity contribution in [2.24, 2.45) is 4.99 Å². The van der Waals surface area contributed by atoms with Gasteiger partial charge in [0.2, 0.25) is 0 Å². The highest BCUT2D eigenvalue weighted by atomic mass is 14.7. The molecule has 1 nitrogen and oxygen atoms in total. The average Bonchev–Trinajstić information content (AvgIpc) is 2.20. The number of rotatable bonds is 1. The van der Waals surface area contributed by atoms with Crippen LogP contribution in [0.15, 0.2) is 35.3 Å². The van der Waals surface area contributed by atoms with Crippen LogP contribution in [0.2, 0.25) is 0 Å². The molecule has 1 heterocycles. The van der Waals surface area contributed by atoms with Gasteiger partial charge in [0.15, 0.2) is 0 Å². The van der Waals surface area contributed by atoms with Crippen molar-refractivity contribution in [1.82, 2.24) is 0 Å². The topological polar surface area (TPSA) is 12.4 Å². The number of hydrogen-bond acceptors (Lipinski definition) is 1. The van der Waals surface area contributed by atoms with Crippen molar-refractivity contribution >= 4 is 11.8 Å². The van der Waals surface area contributed by atoms with Gasteiger partial charge in [0, 0.05) is 12.8 Å². The molecule has 0 unspecified atom stereocenters. The van der Waals surface area contributed by atoms with E-state index in [2.05, 4.69) is 42.3 Å². The molecule has 0 spiro atoms. The molecule has 0 atom stereocenters. The third-order valence-electron chi connectivity index (χ3n) is 2.38. The summed E-state index contributed by atoms with van der Waals surface area (Å²) >= 11 is 0. The molecule has 1 aliphatic rings.